The molecule has 88 valence electrons. The highest BCUT2D eigenvalue weighted by atomic mass is 14.9. The van der Waals surface area contributed by atoms with Crippen molar-refractivity contribution in [2.45, 2.75) is 39.5 Å². The summed E-state index contributed by atoms with van der Waals surface area (Å²) in [7, 11) is 0. The van der Waals surface area contributed by atoms with Gasteiger partial charge in [0.15, 0.2) is 0 Å². The van der Waals surface area contributed by atoms with Crippen molar-refractivity contribution in [2.24, 2.45) is 0 Å². The highest BCUT2D eigenvalue weighted by Gasteiger charge is 2.20. The van der Waals surface area contributed by atoms with Crippen molar-refractivity contribution in [1.82, 2.24) is 9.97 Å². The second-order valence-corrected chi connectivity index (χ2v) is 5.26. The molecule has 0 fully saturated rings. The van der Waals surface area contributed by atoms with Crippen LogP contribution in [0.4, 0.5) is 0 Å². The molecule has 1 aliphatic rings. The first kappa shape index (κ1) is 10.6. The highest BCUT2D eigenvalue weighted by Crippen LogP contribution is 2.33. The molecular weight excluding hydrogens is 208 g/mol. The van der Waals surface area contributed by atoms with Gasteiger partial charge in [0.25, 0.3) is 0 Å². The number of H-pyrrole nitrogens is 1. The number of nitrogens with zero attached hydrogens (tertiary/aromatic N) is 1. The van der Waals surface area contributed by atoms with Crippen molar-refractivity contribution < 1.29 is 0 Å². The third-order valence-corrected chi connectivity index (χ3v) is 3.51. The maximum absolute atomic E-state index is 4.72. The second-order valence-electron chi connectivity index (χ2n) is 5.26. The van der Waals surface area contributed by atoms with E-state index >= 15 is 0 Å². The average Bonchev–Trinajstić information content (AvgIpc) is 2.72. The molecule has 0 amide bonds. The van der Waals surface area contributed by atoms with Crippen LogP contribution in [0.3, 0.4) is 0 Å². The van der Waals surface area contributed by atoms with E-state index in [1.54, 1.807) is 0 Å². The minimum absolute atomic E-state index is 0.467. The SMILES string of the molecule is Cc1ccc2c(c1)CCc1nc(C(C)C)[nH]c1-2. The zero-order valence-electron chi connectivity index (χ0n) is 10.7. The van der Waals surface area contributed by atoms with Crippen LogP contribution in [0.5, 0.6) is 0 Å². The standard InChI is InChI=1S/C15H18N2/c1-9(2)15-16-13-7-5-11-8-10(3)4-6-12(11)14(13)17-15/h4,6,8-9H,5,7H2,1-3H3,(H,16,17). The van der Waals surface area contributed by atoms with Crippen molar-refractivity contribution in [3.63, 3.8) is 0 Å². The number of fused-ring (bicyclic) bond motifs is 3. The predicted octanol–water partition coefficient (Wildman–Crippen LogP) is 3.61. The summed E-state index contributed by atoms with van der Waals surface area (Å²) in [6.07, 6.45) is 2.18. The van der Waals surface area contributed by atoms with Gasteiger partial charge in [0.05, 0.1) is 11.4 Å². The summed E-state index contributed by atoms with van der Waals surface area (Å²) in [5, 5.41) is 0. The predicted molar refractivity (Wildman–Crippen MR) is 70.3 cm³/mol. The first-order valence-electron chi connectivity index (χ1n) is 6.34. The summed E-state index contributed by atoms with van der Waals surface area (Å²) in [4.78, 5) is 8.21. The van der Waals surface area contributed by atoms with E-state index in [2.05, 4.69) is 44.0 Å². The Labute approximate surface area is 102 Å². The number of rotatable bonds is 1. The third kappa shape index (κ3) is 1.68. The second kappa shape index (κ2) is 3.73. The Hall–Kier alpha value is -1.57. The third-order valence-electron chi connectivity index (χ3n) is 3.51. The molecule has 0 bridgehead atoms. The molecule has 0 unspecified atom stereocenters. The van der Waals surface area contributed by atoms with Crippen molar-refractivity contribution >= 4 is 0 Å². The molecule has 0 aliphatic heterocycles. The van der Waals surface area contributed by atoms with Crippen LogP contribution < -0.4 is 0 Å². The molecule has 1 heterocycles. The number of aromatic nitrogens is 2. The molecule has 0 saturated carbocycles. The van der Waals surface area contributed by atoms with Gasteiger partial charge in [-0.25, -0.2) is 4.98 Å². The zero-order valence-corrected chi connectivity index (χ0v) is 10.7. The molecule has 2 heteroatoms. The van der Waals surface area contributed by atoms with E-state index < -0.39 is 0 Å². The van der Waals surface area contributed by atoms with Crippen molar-refractivity contribution in [3.8, 4) is 11.3 Å². The summed E-state index contributed by atoms with van der Waals surface area (Å²) >= 11 is 0. The molecule has 0 saturated heterocycles. The van der Waals surface area contributed by atoms with Gasteiger partial charge < -0.3 is 4.98 Å². The smallest absolute Gasteiger partial charge is 0.109 e. The molecule has 1 aromatic carbocycles. The van der Waals surface area contributed by atoms with Crippen molar-refractivity contribution in [1.29, 1.82) is 0 Å². The lowest BCUT2D eigenvalue weighted by molar-refractivity contribution is 0.787. The highest BCUT2D eigenvalue weighted by molar-refractivity contribution is 5.69. The number of benzene rings is 1. The number of aryl methyl sites for hydroxylation is 3. The van der Waals surface area contributed by atoms with Gasteiger partial charge in [-0.15, -0.1) is 0 Å². The van der Waals surface area contributed by atoms with Gasteiger partial charge in [-0.05, 0) is 25.3 Å². The Morgan fingerprint density at radius 3 is 2.82 bits per heavy atom. The molecule has 2 nitrogen and oxygen atoms in total. The molecule has 0 radical (unpaired) electrons. The number of nitrogens with one attached hydrogen (secondary N) is 1. The van der Waals surface area contributed by atoms with Gasteiger partial charge in [-0.1, -0.05) is 37.6 Å². The normalized spacial score (nSPS) is 13.6. The fourth-order valence-corrected chi connectivity index (χ4v) is 2.53. The Morgan fingerprint density at radius 1 is 1.24 bits per heavy atom. The summed E-state index contributed by atoms with van der Waals surface area (Å²) in [5.74, 6) is 1.58. The molecule has 17 heavy (non-hydrogen) atoms. The van der Waals surface area contributed by atoms with Crippen LogP contribution in [0.15, 0.2) is 18.2 Å². The maximum atomic E-state index is 4.72. The van der Waals surface area contributed by atoms with Crippen molar-refractivity contribution in [2.75, 3.05) is 0 Å². The summed E-state index contributed by atoms with van der Waals surface area (Å²) in [6, 6.07) is 6.71. The number of aromatic amines is 1. The Morgan fingerprint density at radius 2 is 2.06 bits per heavy atom. The van der Waals surface area contributed by atoms with Gasteiger partial charge in [0.2, 0.25) is 0 Å². The van der Waals surface area contributed by atoms with Crippen molar-refractivity contribution in [3.05, 3.63) is 40.8 Å². The number of hydrogen-bond acceptors (Lipinski definition) is 1. The van der Waals surface area contributed by atoms with Crippen LogP contribution in [0.25, 0.3) is 11.3 Å². The van der Waals surface area contributed by atoms with Gasteiger partial charge >= 0.3 is 0 Å². The van der Waals surface area contributed by atoms with Gasteiger partial charge in [-0.3, -0.25) is 0 Å². The Bertz CT molecular complexity index is 564. The fourth-order valence-electron chi connectivity index (χ4n) is 2.53. The molecule has 1 N–H and O–H groups in total. The fraction of sp³-hybridized carbons (Fsp3) is 0.400. The van der Waals surface area contributed by atoms with E-state index in [9.17, 15) is 0 Å². The van der Waals surface area contributed by atoms with E-state index in [-0.39, 0.29) is 0 Å². The Balaban J connectivity index is 2.15. The van der Waals surface area contributed by atoms with Crippen LogP contribution in [-0.2, 0) is 12.8 Å². The van der Waals surface area contributed by atoms with Crippen LogP contribution in [0.2, 0.25) is 0 Å². The topological polar surface area (TPSA) is 28.7 Å². The molecule has 0 spiro atoms. The molecule has 3 rings (SSSR count). The summed E-state index contributed by atoms with van der Waals surface area (Å²) in [6.45, 7) is 6.52. The zero-order chi connectivity index (χ0) is 12.0. The molecule has 2 aromatic rings. The Kier molecular flexibility index (Phi) is 2.32. The van der Waals surface area contributed by atoms with E-state index in [4.69, 9.17) is 4.98 Å². The largest absolute Gasteiger partial charge is 0.342 e. The van der Waals surface area contributed by atoms with E-state index in [1.165, 1.54) is 28.1 Å². The molecule has 1 aliphatic carbocycles. The minimum atomic E-state index is 0.467. The summed E-state index contributed by atoms with van der Waals surface area (Å²) in [5.41, 5.74) is 6.63. The molecular formula is C15H18N2. The lowest BCUT2D eigenvalue weighted by atomic mass is 9.91. The monoisotopic (exact) mass is 226 g/mol. The quantitative estimate of drug-likeness (QED) is 0.790. The first-order chi connectivity index (χ1) is 8.15. The van der Waals surface area contributed by atoms with E-state index in [1.807, 2.05) is 0 Å². The maximum Gasteiger partial charge on any atom is 0.109 e. The molecule has 0 atom stereocenters. The average molecular weight is 226 g/mol. The van der Waals surface area contributed by atoms with Crippen LogP contribution >= 0.6 is 0 Å². The van der Waals surface area contributed by atoms with Crippen LogP contribution in [0, 0.1) is 6.92 Å². The van der Waals surface area contributed by atoms with Gasteiger partial charge in [-0.2, -0.15) is 0 Å². The first-order valence-corrected chi connectivity index (χ1v) is 6.34. The van der Waals surface area contributed by atoms with E-state index in [0.717, 1.165) is 18.7 Å². The minimum Gasteiger partial charge on any atom is -0.342 e. The number of hydrogen-bond donors (Lipinski definition) is 1. The van der Waals surface area contributed by atoms with Gasteiger partial charge in [0.1, 0.15) is 5.82 Å². The van der Waals surface area contributed by atoms with Crippen LogP contribution in [0.1, 0.15) is 42.4 Å². The number of imidazole rings is 1. The molecule has 1 aromatic heterocycles. The van der Waals surface area contributed by atoms with Gasteiger partial charge in [0, 0.05) is 11.5 Å². The van der Waals surface area contributed by atoms with E-state index in [0.29, 0.717) is 5.92 Å². The lowest BCUT2D eigenvalue weighted by Crippen LogP contribution is -2.03. The summed E-state index contributed by atoms with van der Waals surface area (Å²) < 4.78 is 0. The lowest BCUT2D eigenvalue weighted by Gasteiger charge is -2.15. The van der Waals surface area contributed by atoms with Crippen LogP contribution in [-0.4, -0.2) is 9.97 Å².